The van der Waals surface area contributed by atoms with Crippen molar-refractivity contribution in [2.24, 2.45) is 0 Å². The van der Waals surface area contributed by atoms with Crippen LogP contribution in [0.2, 0.25) is 0 Å². The van der Waals surface area contributed by atoms with E-state index in [0.29, 0.717) is 6.54 Å². The van der Waals surface area contributed by atoms with Gasteiger partial charge in [0, 0.05) is 45.7 Å². The first-order valence-corrected chi connectivity index (χ1v) is 9.25. The van der Waals surface area contributed by atoms with Crippen LogP contribution in [0.5, 0.6) is 0 Å². The van der Waals surface area contributed by atoms with Crippen molar-refractivity contribution in [2.75, 3.05) is 39.3 Å². The SMILES string of the molecule is Cc1nc(Cc2ccccc2)sc1C(=O)NCCN1CCNCC1. The average molecular weight is 344 g/mol. The summed E-state index contributed by atoms with van der Waals surface area (Å²) in [6, 6.07) is 10.2. The van der Waals surface area contributed by atoms with Crippen molar-refractivity contribution in [3.63, 3.8) is 0 Å². The van der Waals surface area contributed by atoms with Crippen LogP contribution >= 0.6 is 11.3 Å². The van der Waals surface area contributed by atoms with E-state index in [4.69, 9.17) is 0 Å². The first kappa shape index (κ1) is 17.1. The standard InChI is InChI=1S/C18H24N4OS/c1-14-17(18(23)20-9-12-22-10-7-19-8-11-22)24-16(21-14)13-15-5-3-2-4-6-15/h2-6,19H,7-13H2,1H3,(H,20,23). The summed E-state index contributed by atoms with van der Waals surface area (Å²) in [5.74, 6) is -0.000513. The number of carbonyl (C=O) groups excluding carboxylic acids is 1. The van der Waals surface area contributed by atoms with Crippen LogP contribution in [0.3, 0.4) is 0 Å². The van der Waals surface area contributed by atoms with Gasteiger partial charge in [-0.05, 0) is 12.5 Å². The molecular weight excluding hydrogens is 320 g/mol. The molecule has 2 N–H and O–H groups in total. The van der Waals surface area contributed by atoms with Gasteiger partial charge in [-0.2, -0.15) is 0 Å². The number of hydrogen-bond acceptors (Lipinski definition) is 5. The summed E-state index contributed by atoms with van der Waals surface area (Å²) in [5.41, 5.74) is 2.04. The number of nitrogens with one attached hydrogen (secondary N) is 2. The molecule has 2 heterocycles. The van der Waals surface area contributed by atoms with E-state index in [2.05, 4.69) is 32.7 Å². The third-order valence-corrected chi connectivity index (χ3v) is 5.32. The van der Waals surface area contributed by atoms with E-state index < -0.39 is 0 Å². The summed E-state index contributed by atoms with van der Waals surface area (Å²) < 4.78 is 0. The molecule has 24 heavy (non-hydrogen) atoms. The van der Waals surface area contributed by atoms with Gasteiger partial charge in [-0.3, -0.25) is 9.69 Å². The van der Waals surface area contributed by atoms with E-state index in [1.807, 2.05) is 25.1 Å². The highest BCUT2D eigenvalue weighted by Crippen LogP contribution is 2.20. The molecule has 5 nitrogen and oxygen atoms in total. The fraction of sp³-hybridized carbons (Fsp3) is 0.444. The van der Waals surface area contributed by atoms with Gasteiger partial charge in [-0.15, -0.1) is 11.3 Å². The zero-order valence-corrected chi connectivity index (χ0v) is 14.9. The smallest absolute Gasteiger partial charge is 0.263 e. The number of aryl methyl sites for hydroxylation is 1. The summed E-state index contributed by atoms with van der Waals surface area (Å²) >= 11 is 1.50. The molecule has 1 amide bonds. The Hall–Kier alpha value is -1.76. The highest BCUT2D eigenvalue weighted by molar-refractivity contribution is 7.13. The Labute approximate surface area is 147 Å². The van der Waals surface area contributed by atoms with Gasteiger partial charge in [0.15, 0.2) is 0 Å². The van der Waals surface area contributed by atoms with E-state index in [1.165, 1.54) is 16.9 Å². The predicted octanol–water partition coefficient (Wildman–Crippen LogP) is 1.68. The Morgan fingerprint density at radius 2 is 2.04 bits per heavy atom. The number of benzene rings is 1. The molecule has 0 atom stereocenters. The first-order valence-electron chi connectivity index (χ1n) is 8.44. The van der Waals surface area contributed by atoms with Crippen LogP contribution in [-0.2, 0) is 6.42 Å². The summed E-state index contributed by atoms with van der Waals surface area (Å²) in [7, 11) is 0. The van der Waals surface area contributed by atoms with E-state index in [-0.39, 0.29) is 5.91 Å². The molecule has 6 heteroatoms. The Morgan fingerprint density at radius 1 is 1.29 bits per heavy atom. The molecule has 1 aromatic heterocycles. The van der Waals surface area contributed by atoms with Gasteiger partial charge >= 0.3 is 0 Å². The molecule has 0 spiro atoms. The predicted molar refractivity (Wildman–Crippen MR) is 97.7 cm³/mol. The van der Waals surface area contributed by atoms with Crippen molar-refractivity contribution in [3.05, 3.63) is 51.5 Å². The van der Waals surface area contributed by atoms with Crippen LogP contribution in [0, 0.1) is 6.92 Å². The number of amides is 1. The second-order valence-corrected chi connectivity index (χ2v) is 7.12. The molecule has 0 radical (unpaired) electrons. The van der Waals surface area contributed by atoms with Gasteiger partial charge in [0.05, 0.1) is 10.7 Å². The number of nitrogens with zero attached hydrogens (tertiary/aromatic N) is 2. The zero-order chi connectivity index (χ0) is 16.8. The van der Waals surface area contributed by atoms with Crippen molar-refractivity contribution in [1.82, 2.24) is 20.5 Å². The van der Waals surface area contributed by atoms with Gasteiger partial charge in [0.2, 0.25) is 0 Å². The average Bonchev–Trinajstić information content (AvgIpc) is 2.97. The largest absolute Gasteiger partial charge is 0.350 e. The zero-order valence-electron chi connectivity index (χ0n) is 14.0. The highest BCUT2D eigenvalue weighted by atomic mass is 32.1. The van der Waals surface area contributed by atoms with Crippen LogP contribution in [0.25, 0.3) is 0 Å². The van der Waals surface area contributed by atoms with Crippen molar-refractivity contribution < 1.29 is 4.79 Å². The van der Waals surface area contributed by atoms with Crippen LogP contribution in [0.4, 0.5) is 0 Å². The Bertz CT molecular complexity index is 665. The highest BCUT2D eigenvalue weighted by Gasteiger charge is 2.16. The van der Waals surface area contributed by atoms with Crippen LogP contribution in [-0.4, -0.2) is 55.1 Å². The maximum Gasteiger partial charge on any atom is 0.263 e. The molecule has 1 aliphatic rings. The second-order valence-electron chi connectivity index (χ2n) is 6.03. The lowest BCUT2D eigenvalue weighted by atomic mass is 10.2. The van der Waals surface area contributed by atoms with E-state index in [9.17, 15) is 4.79 Å². The molecule has 1 aromatic carbocycles. The summed E-state index contributed by atoms with van der Waals surface area (Å²) in [4.78, 5) is 20.1. The third kappa shape index (κ3) is 4.63. The van der Waals surface area contributed by atoms with Crippen LogP contribution in [0.1, 0.15) is 25.9 Å². The van der Waals surface area contributed by atoms with Crippen molar-refractivity contribution in [3.8, 4) is 0 Å². The lowest BCUT2D eigenvalue weighted by Crippen LogP contribution is -2.46. The Kier molecular flexibility index (Phi) is 5.96. The van der Waals surface area contributed by atoms with Gasteiger partial charge in [0.25, 0.3) is 5.91 Å². The fourth-order valence-corrected chi connectivity index (χ4v) is 3.87. The molecule has 0 bridgehead atoms. The fourth-order valence-electron chi connectivity index (χ4n) is 2.85. The number of carbonyl (C=O) groups is 1. The van der Waals surface area contributed by atoms with Gasteiger partial charge in [-0.25, -0.2) is 4.98 Å². The van der Waals surface area contributed by atoms with Gasteiger partial charge in [0.1, 0.15) is 4.88 Å². The molecule has 128 valence electrons. The second kappa shape index (κ2) is 8.37. The maximum atomic E-state index is 12.4. The monoisotopic (exact) mass is 344 g/mol. The number of piperazine rings is 1. The minimum absolute atomic E-state index is 0.000513. The van der Waals surface area contributed by atoms with E-state index >= 15 is 0 Å². The number of thiazole rings is 1. The van der Waals surface area contributed by atoms with E-state index in [0.717, 1.165) is 54.7 Å². The molecule has 2 aromatic rings. The Morgan fingerprint density at radius 3 is 2.79 bits per heavy atom. The van der Waals surface area contributed by atoms with Crippen molar-refractivity contribution in [2.45, 2.75) is 13.3 Å². The van der Waals surface area contributed by atoms with Crippen LogP contribution in [0.15, 0.2) is 30.3 Å². The molecule has 1 saturated heterocycles. The molecule has 3 rings (SSSR count). The van der Waals surface area contributed by atoms with Gasteiger partial charge in [-0.1, -0.05) is 30.3 Å². The summed E-state index contributed by atoms with van der Waals surface area (Å²) in [6.07, 6.45) is 0.778. The molecule has 1 fully saturated rings. The lowest BCUT2D eigenvalue weighted by molar-refractivity contribution is 0.0950. The molecular formula is C18H24N4OS. The normalized spacial score (nSPS) is 15.4. The number of rotatable bonds is 6. The van der Waals surface area contributed by atoms with Crippen molar-refractivity contribution >= 4 is 17.2 Å². The maximum absolute atomic E-state index is 12.4. The lowest BCUT2D eigenvalue weighted by Gasteiger charge is -2.27. The van der Waals surface area contributed by atoms with E-state index in [1.54, 1.807) is 0 Å². The topological polar surface area (TPSA) is 57.3 Å². The minimum atomic E-state index is -0.000513. The molecule has 0 aliphatic carbocycles. The molecule has 1 aliphatic heterocycles. The molecule has 0 saturated carbocycles. The van der Waals surface area contributed by atoms with Crippen LogP contribution < -0.4 is 10.6 Å². The first-order chi connectivity index (χ1) is 11.7. The van der Waals surface area contributed by atoms with Crippen molar-refractivity contribution in [1.29, 1.82) is 0 Å². The Balaban J connectivity index is 1.53. The number of aromatic nitrogens is 1. The summed E-state index contributed by atoms with van der Waals surface area (Å²) in [6.45, 7) is 7.67. The third-order valence-electron chi connectivity index (χ3n) is 4.17. The number of hydrogen-bond donors (Lipinski definition) is 2. The van der Waals surface area contributed by atoms with Gasteiger partial charge < -0.3 is 10.6 Å². The quantitative estimate of drug-likeness (QED) is 0.837. The molecule has 0 unspecified atom stereocenters. The summed E-state index contributed by atoms with van der Waals surface area (Å²) in [5, 5.41) is 7.36. The minimum Gasteiger partial charge on any atom is -0.350 e.